The molecule has 1 aliphatic rings. The van der Waals surface area contributed by atoms with E-state index in [9.17, 15) is 26.3 Å². The number of halogens is 6. The summed E-state index contributed by atoms with van der Waals surface area (Å²) in [5.74, 6) is -14.1. The fraction of sp³-hybridized carbons (Fsp3) is 0.238. The van der Waals surface area contributed by atoms with E-state index in [2.05, 4.69) is 20.2 Å². The van der Waals surface area contributed by atoms with Crippen LogP contribution in [-0.4, -0.2) is 29.5 Å². The Labute approximate surface area is 182 Å². The second-order valence-corrected chi connectivity index (χ2v) is 8.09. The molecule has 0 atom stereocenters. The SMILES string of the molecule is CC1(C)c2cccc(n2)-n2cc(c(F)n2)C(F)(F)C(F)(F)c2cn(nc2F)-c2cccc1n2. The Morgan fingerprint density at radius 2 is 1.06 bits per heavy atom. The molecule has 5 rings (SSSR count). The van der Waals surface area contributed by atoms with E-state index in [1.807, 2.05) is 0 Å². The van der Waals surface area contributed by atoms with Crippen molar-refractivity contribution in [3.63, 3.8) is 0 Å². The topological polar surface area (TPSA) is 61.4 Å². The van der Waals surface area contributed by atoms with Crippen LogP contribution < -0.4 is 0 Å². The van der Waals surface area contributed by atoms with Crippen LogP contribution in [-0.2, 0) is 17.3 Å². The summed E-state index contributed by atoms with van der Waals surface area (Å²) in [5.41, 5.74) is -3.45. The van der Waals surface area contributed by atoms with Crippen molar-refractivity contribution in [3.05, 3.63) is 83.2 Å². The molecule has 0 aliphatic carbocycles. The minimum absolute atomic E-state index is 0.0758. The molecule has 1 aliphatic heterocycles. The van der Waals surface area contributed by atoms with Gasteiger partial charge in [0, 0.05) is 17.8 Å². The van der Waals surface area contributed by atoms with Crippen LogP contribution >= 0.6 is 0 Å². The summed E-state index contributed by atoms with van der Waals surface area (Å²) in [7, 11) is 0. The number of aromatic nitrogens is 6. The highest BCUT2D eigenvalue weighted by Gasteiger charge is 2.62. The molecule has 4 aromatic heterocycles. The average molecular weight is 464 g/mol. The maximum atomic E-state index is 14.9. The van der Waals surface area contributed by atoms with Crippen LogP contribution in [0.15, 0.2) is 48.8 Å². The Kier molecular flexibility index (Phi) is 4.27. The first-order valence-electron chi connectivity index (χ1n) is 9.65. The quantitative estimate of drug-likeness (QED) is 0.356. The molecule has 0 amide bonds. The molecule has 5 heterocycles. The molecule has 0 aromatic carbocycles. The summed E-state index contributed by atoms with van der Waals surface area (Å²) in [4.78, 5) is 8.74. The minimum Gasteiger partial charge on any atom is -0.233 e. The summed E-state index contributed by atoms with van der Waals surface area (Å²) < 4.78 is 89.8. The lowest BCUT2D eigenvalue weighted by Crippen LogP contribution is -2.36. The zero-order valence-corrected chi connectivity index (χ0v) is 17.1. The first kappa shape index (κ1) is 21.2. The Bertz CT molecular complexity index is 1290. The number of alkyl halides is 4. The van der Waals surface area contributed by atoms with E-state index in [1.54, 1.807) is 38.1 Å². The molecule has 170 valence electrons. The predicted octanol–water partition coefficient (Wildman–Crippen LogP) is 4.65. The van der Waals surface area contributed by atoms with E-state index in [4.69, 9.17) is 0 Å². The maximum Gasteiger partial charge on any atom is 0.345 e. The Morgan fingerprint density at radius 3 is 1.45 bits per heavy atom. The van der Waals surface area contributed by atoms with E-state index in [-0.39, 0.29) is 11.6 Å². The summed E-state index contributed by atoms with van der Waals surface area (Å²) >= 11 is 0. The number of hydrogen-bond acceptors (Lipinski definition) is 4. The molecule has 12 heteroatoms. The lowest BCUT2D eigenvalue weighted by atomic mass is 9.84. The molecule has 0 saturated carbocycles. The van der Waals surface area contributed by atoms with Crippen LogP contribution in [0.4, 0.5) is 26.3 Å². The molecule has 0 saturated heterocycles. The van der Waals surface area contributed by atoms with Gasteiger partial charge in [-0.3, -0.25) is 0 Å². The Hall–Kier alpha value is -3.70. The van der Waals surface area contributed by atoms with E-state index < -0.39 is 40.3 Å². The first-order chi connectivity index (χ1) is 15.4. The van der Waals surface area contributed by atoms with Gasteiger partial charge in [-0.25, -0.2) is 19.3 Å². The number of hydrogen-bond donors (Lipinski definition) is 0. The fourth-order valence-corrected chi connectivity index (χ4v) is 3.63. The van der Waals surface area contributed by atoms with Crippen molar-refractivity contribution in [1.82, 2.24) is 29.5 Å². The standard InChI is InChI=1S/C21H14F6N6/c1-19(2)13-5-3-7-15(28-13)32-9-11(17(22)30-32)20(24,25)21(26,27)12-10-33(31-18(12)23)16-8-4-6-14(19)29-16/h3-10H,1-2H3. The second kappa shape index (κ2) is 6.65. The van der Waals surface area contributed by atoms with Gasteiger partial charge < -0.3 is 0 Å². The van der Waals surface area contributed by atoms with Crippen LogP contribution in [0.5, 0.6) is 0 Å². The molecule has 33 heavy (non-hydrogen) atoms. The molecular formula is C21H14F6N6. The highest BCUT2D eigenvalue weighted by molar-refractivity contribution is 5.38. The molecule has 0 spiro atoms. The first-order valence-corrected chi connectivity index (χ1v) is 9.65. The number of rotatable bonds is 0. The summed E-state index contributed by atoms with van der Waals surface area (Å²) in [6, 6.07) is 9.09. The van der Waals surface area contributed by atoms with Crippen LogP contribution in [0, 0.1) is 11.9 Å². The molecule has 0 N–H and O–H groups in total. The van der Waals surface area contributed by atoms with Crippen LogP contribution in [0.3, 0.4) is 0 Å². The predicted molar refractivity (Wildman–Crippen MR) is 103 cm³/mol. The van der Waals surface area contributed by atoms with Gasteiger partial charge in [0.15, 0.2) is 11.6 Å². The average Bonchev–Trinajstić information content (AvgIpc) is 3.37. The summed E-state index contributed by atoms with van der Waals surface area (Å²) in [6.45, 7) is 3.55. The second-order valence-electron chi connectivity index (χ2n) is 8.09. The van der Waals surface area contributed by atoms with Gasteiger partial charge in [0.05, 0.1) is 11.4 Å². The summed E-state index contributed by atoms with van der Waals surface area (Å²) in [6.07, 6.45) is 0.839. The maximum absolute atomic E-state index is 14.9. The largest absolute Gasteiger partial charge is 0.345 e. The van der Waals surface area contributed by atoms with Gasteiger partial charge in [-0.05, 0) is 38.1 Å². The lowest BCUT2D eigenvalue weighted by molar-refractivity contribution is -0.226. The third-order valence-corrected chi connectivity index (χ3v) is 5.63. The molecular weight excluding hydrogens is 450 g/mol. The van der Waals surface area contributed by atoms with Crippen molar-refractivity contribution in [2.24, 2.45) is 0 Å². The van der Waals surface area contributed by atoms with Gasteiger partial charge in [0.1, 0.15) is 11.1 Å². The highest BCUT2D eigenvalue weighted by Crippen LogP contribution is 2.51. The van der Waals surface area contributed by atoms with Gasteiger partial charge in [-0.2, -0.15) is 26.3 Å². The number of fused-ring (bicyclic) bond motifs is 10. The van der Waals surface area contributed by atoms with Crippen molar-refractivity contribution < 1.29 is 26.3 Å². The molecule has 6 nitrogen and oxygen atoms in total. The van der Waals surface area contributed by atoms with Gasteiger partial charge >= 0.3 is 11.8 Å². The minimum atomic E-state index is -5.16. The third-order valence-electron chi connectivity index (χ3n) is 5.63. The monoisotopic (exact) mass is 464 g/mol. The number of nitrogens with zero attached hydrogens (tertiary/aromatic N) is 6. The fourth-order valence-electron chi connectivity index (χ4n) is 3.63. The third kappa shape index (κ3) is 2.96. The highest BCUT2D eigenvalue weighted by atomic mass is 19.3. The van der Waals surface area contributed by atoms with Crippen molar-refractivity contribution in [3.8, 4) is 11.6 Å². The summed E-state index contributed by atoms with van der Waals surface area (Å²) in [5, 5.41) is 6.63. The van der Waals surface area contributed by atoms with Gasteiger partial charge in [0.25, 0.3) is 0 Å². The van der Waals surface area contributed by atoms with Crippen molar-refractivity contribution in [2.45, 2.75) is 31.1 Å². The normalized spacial score (nSPS) is 17.8. The van der Waals surface area contributed by atoms with Crippen molar-refractivity contribution >= 4 is 0 Å². The van der Waals surface area contributed by atoms with E-state index in [1.165, 1.54) is 12.1 Å². The van der Waals surface area contributed by atoms with Crippen molar-refractivity contribution in [1.29, 1.82) is 0 Å². The molecule has 0 fully saturated rings. The van der Waals surface area contributed by atoms with Gasteiger partial charge in [-0.1, -0.05) is 12.1 Å². The number of pyridine rings is 2. The lowest BCUT2D eigenvalue weighted by Gasteiger charge is -2.24. The van der Waals surface area contributed by atoms with Crippen LogP contribution in [0.2, 0.25) is 0 Å². The van der Waals surface area contributed by atoms with Gasteiger partial charge in [0.2, 0.25) is 11.9 Å². The zero-order chi connectivity index (χ0) is 23.8. The van der Waals surface area contributed by atoms with E-state index in [0.29, 0.717) is 33.1 Å². The van der Waals surface area contributed by atoms with Crippen LogP contribution in [0.1, 0.15) is 36.4 Å². The van der Waals surface area contributed by atoms with Crippen molar-refractivity contribution in [2.75, 3.05) is 0 Å². The molecule has 0 unspecified atom stereocenters. The van der Waals surface area contributed by atoms with E-state index >= 15 is 0 Å². The Morgan fingerprint density at radius 1 is 0.667 bits per heavy atom. The Balaban J connectivity index is 1.86. The van der Waals surface area contributed by atoms with Gasteiger partial charge in [-0.15, -0.1) is 10.2 Å². The molecule has 0 radical (unpaired) electrons. The van der Waals surface area contributed by atoms with Crippen LogP contribution in [0.25, 0.3) is 11.6 Å². The molecule has 8 bridgehead atoms. The smallest absolute Gasteiger partial charge is 0.233 e. The molecule has 4 aromatic rings. The zero-order valence-electron chi connectivity index (χ0n) is 17.1. The van der Waals surface area contributed by atoms with E-state index in [0.717, 1.165) is 0 Å².